The van der Waals surface area contributed by atoms with E-state index in [-0.39, 0.29) is 0 Å². The van der Waals surface area contributed by atoms with Gasteiger partial charge >= 0.3 is 0 Å². The highest BCUT2D eigenvalue weighted by Gasteiger charge is 2.07. The quantitative estimate of drug-likeness (QED) is 0.604. The summed E-state index contributed by atoms with van der Waals surface area (Å²) in [6.07, 6.45) is 15.2. The Kier molecular flexibility index (Phi) is 4.95. The first-order valence-electron chi connectivity index (χ1n) is 7.21. The molecule has 2 rings (SSSR count). The van der Waals surface area contributed by atoms with Gasteiger partial charge in [0, 0.05) is 0 Å². The van der Waals surface area contributed by atoms with Crippen LogP contribution in [0.2, 0.25) is 0 Å². The minimum atomic E-state index is 1.06. The normalized spacial score (nSPS) is 20.6. The van der Waals surface area contributed by atoms with E-state index in [9.17, 15) is 0 Å². The number of benzene rings is 1. The third-order valence-electron chi connectivity index (χ3n) is 3.56. The Bertz CT molecular complexity index is 607. The zero-order chi connectivity index (χ0) is 14.4. The molecule has 0 saturated heterocycles. The second kappa shape index (κ2) is 6.91. The maximum Gasteiger partial charge on any atom is -0.0158 e. The van der Waals surface area contributed by atoms with Crippen LogP contribution in [0.5, 0.6) is 0 Å². The average molecular weight is 262 g/mol. The SMILES string of the molecule is C=C1/C=C(C(/C=C\C)=C/C)\C=C/CCc2ccccc21. The van der Waals surface area contributed by atoms with E-state index in [0.717, 1.165) is 18.4 Å². The topological polar surface area (TPSA) is 0 Å². The summed E-state index contributed by atoms with van der Waals surface area (Å²) in [7, 11) is 0. The number of allylic oxidation sites excluding steroid dienone is 9. The molecule has 0 spiro atoms. The zero-order valence-electron chi connectivity index (χ0n) is 12.4. The van der Waals surface area contributed by atoms with Crippen molar-refractivity contribution in [2.45, 2.75) is 26.7 Å². The standard InChI is InChI=1S/C20H22/c1-4-10-17(5-2)19-13-7-6-11-18-12-8-9-14-20(18)16(3)15-19/h4-5,7-10,12-15H,3,6,11H2,1-2H3/b10-4-,13-7-,17-5+,19-15+. The molecule has 0 bridgehead atoms. The van der Waals surface area contributed by atoms with E-state index in [0.29, 0.717) is 0 Å². The molecular formula is C20H22. The van der Waals surface area contributed by atoms with Crippen molar-refractivity contribution < 1.29 is 0 Å². The lowest BCUT2D eigenvalue weighted by Gasteiger charge is -2.09. The van der Waals surface area contributed by atoms with Crippen molar-refractivity contribution in [1.29, 1.82) is 0 Å². The van der Waals surface area contributed by atoms with Gasteiger partial charge in [-0.3, -0.25) is 0 Å². The summed E-state index contributed by atoms with van der Waals surface area (Å²) in [5, 5.41) is 0. The number of aryl methyl sites for hydroxylation is 1. The second-order valence-electron chi connectivity index (χ2n) is 4.97. The Morgan fingerprint density at radius 1 is 1.20 bits per heavy atom. The van der Waals surface area contributed by atoms with Gasteiger partial charge in [0.1, 0.15) is 0 Å². The molecule has 0 N–H and O–H groups in total. The lowest BCUT2D eigenvalue weighted by Crippen LogP contribution is -1.91. The summed E-state index contributed by atoms with van der Waals surface area (Å²) in [5.41, 5.74) is 6.21. The van der Waals surface area contributed by atoms with Crippen molar-refractivity contribution in [2.24, 2.45) is 0 Å². The van der Waals surface area contributed by atoms with Crippen molar-refractivity contribution in [3.63, 3.8) is 0 Å². The Morgan fingerprint density at radius 3 is 2.75 bits per heavy atom. The number of rotatable bonds is 2. The van der Waals surface area contributed by atoms with Crippen LogP contribution in [-0.4, -0.2) is 0 Å². The van der Waals surface area contributed by atoms with Crippen molar-refractivity contribution >= 4 is 5.57 Å². The Labute approximate surface area is 122 Å². The van der Waals surface area contributed by atoms with E-state index >= 15 is 0 Å². The fraction of sp³-hybridized carbons (Fsp3) is 0.200. The highest BCUT2D eigenvalue weighted by atomic mass is 14.1. The van der Waals surface area contributed by atoms with Crippen LogP contribution < -0.4 is 0 Å². The first-order valence-corrected chi connectivity index (χ1v) is 7.21. The summed E-state index contributed by atoms with van der Waals surface area (Å²) in [6.45, 7) is 8.39. The largest absolute Gasteiger partial charge is 0.0911 e. The van der Waals surface area contributed by atoms with Crippen LogP contribution in [0.1, 0.15) is 31.4 Å². The van der Waals surface area contributed by atoms with Gasteiger partial charge < -0.3 is 0 Å². The highest BCUT2D eigenvalue weighted by Crippen LogP contribution is 2.26. The first-order chi connectivity index (χ1) is 9.76. The van der Waals surface area contributed by atoms with Gasteiger partial charge in [0.2, 0.25) is 0 Å². The fourth-order valence-corrected chi connectivity index (χ4v) is 2.53. The van der Waals surface area contributed by atoms with Gasteiger partial charge in [-0.25, -0.2) is 0 Å². The molecule has 0 heteroatoms. The predicted octanol–water partition coefficient (Wildman–Crippen LogP) is 5.65. The Morgan fingerprint density at radius 2 is 2.00 bits per heavy atom. The molecule has 0 aromatic heterocycles. The molecule has 1 aliphatic carbocycles. The maximum absolute atomic E-state index is 4.26. The lowest BCUT2D eigenvalue weighted by molar-refractivity contribution is 0.997. The number of hydrogen-bond donors (Lipinski definition) is 0. The Hall–Kier alpha value is -2.08. The summed E-state index contributed by atoms with van der Waals surface area (Å²) in [4.78, 5) is 0. The third kappa shape index (κ3) is 3.27. The average Bonchev–Trinajstić information content (AvgIpc) is 2.55. The van der Waals surface area contributed by atoms with Gasteiger partial charge in [-0.2, -0.15) is 0 Å². The van der Waals surface area contributed by atoms with Gasteiger partial charge in [-0.1, -0.05) is 61.2 Å². The van der Waals surface area contributed by atoms with Gasteiger partial charge in [-0.05, 0) is 60.6 Å². The van der Waals surface area contributed by atoms with E-state index in [2.05, 4.69) is 74.2 Å². The molecule has 0 unspecified atom stereocenters. The molecule has 0 fully saturated rings. The molecular weight excluding hydrogens is 240 g/mol. The fourth-order valence-electron chi connectivity index (χ4n) is 2.53. The molecule has 1 aliphatic rings. The molecule has 0 amide bonds. The van der Waals surface area contributed by atoms with E-state index in [4.69, 9.17) is 0 Å². The summed E-state index contributed by atoms with van der Waals surface area (Å²) in [6, 6.07) is 8.57. The zero-order valence-corrected chi connectivity index (χ0v) is 12.4. The van der Waals surface area contributed by atoms with E-state index in [1.807, 2.05) is 6.92 Å². The van der Waals surface area contributed by atoms with Gasteiger partial charge in [0.25, 0.3) is 0 Å². The van der Waals surface area contributed by atoms with Crippen molar-refractivity contribution in [1.82, 2.24) is 0 Å². The van der Waals surface area contributed by atoms with Crippen LogP contribution in [0, 0.1) is 0 Å². The number of fused-ring (bicyclic) bond motifs is 1. The first kappa shape index (κ1) is 14.3. The summed E-state index contributed by atoms with van der Waals surface area (Å²) < 4.78 is 0. The summed E-state index contributed by atoms with van der Waals surface area (Å²) >= 11 is 0. The third-order valence-corrected chi connectivity index (χ3v) is 3.56. The van der Waals surface area contributed by atoms with Gasteiger partial charge in [0.05, 0.1) is 0 Å². The molecule has 0 saturated carbocycles. The minimum absolute atomic E-state index is 1.06. The van der Waals surface area contributed by atoms with E-state index < -0.39 is 0 Å². The van der Waals surface area contributed by atoms with E-state index in [1.54, 1.807) is 0 Å². The van der Waals surface area contributed by atoms with Crippen LogP contribution in [0.15, 0.2) is 78.4 Å². The van der Waals surface area contributed by atoms with Crippen LogP contribution in [-0.2, 0) is 6.42 Å². The van der Waals surface area contributed by atoms with Crippen LogP contribution in [0.4, 0.5) is 0 Å². The summed E-state index contributed by atoms with van der Waals surface area (Å²) in [5.74, 6) is 0. The molecule has 1 aromatic carbocycles. The van der Waals surface area contributed by atoms with Gasteiger partial charge in [0.15, 0.2) is 0 Å². The lowest BCUT2D eigenvalue weighted by atomic mass is 9.96. The minimum Gasteiger partial charge on any atom is -0.0911 e. The maximum atomic E-state index is 4.26. The second-order valence-corrected chi connectivity index (χ2v) is 4.97. The monoisotopic (exact) mass is 262 g/mol. The molecule has 20 heavy (non-hydrogen) atoms. The molecule has 0 heterocycles. The number of hydrogen-bond acceptors (Lipinski definition) is 0. The smallest absolute Gasteiger partial charge is 0.0158 e. The van der Waals surface area contributed by atoms with Crippen LogP contribution in [0.25, 0.3) is 5.57 Å². The van der Waals surface area contributed by atoms with Crippen LogP contribution >= 0.6 is 0 Å². The molecule has 0 nitrogen and oxygen atoms in total. The predicted molar refractivity (Wildman–Crippen MR) is 89.6 cm³/mol. The molecule has 0 aliphatic heterocycles. The van der Waals surface area contributed by atoms with Crippen LogP contribution in [0.3, 0.4) is 0 Å². The van der Waals surface area contributed by atoms with E-state index in [1.165, 1.54) is 22.3 Å². The Balaban J connectivity index is 2.48. The molecule has 1 aromatic rings. The van der Waals surface area contributed by atoms with Gasteiger partial charge in [-0.15, -0.1) is 0 Å². The highest BCUT2D eigenvalue weighted by molar-refractivity contribution is 5.77. The molecule has 0 radical (unpaired) electrons. The molecule has 102 valence electrons. The van der Waals surface area contributed by atoms with Crippen molar-refractivity contribution in [2.75, 3.05) is 0 Å². The van der Waals surface area contributed by atoms with Crippen molar-refractivity contribution in [3.05, 3.63) is 89.6 Å². The van der Waals surface area contributed by atoms with Crippen molar-refractivity contribution in [3.8, 4) is 0 Å². The molecule has 0 atom stereocenters.